The lowest BCUT2D eigenvalue weighted by atomic mass is 9.87. The van der Waals surface area contributed by atoms with E-state index in [1.165, 1.54) is 11.1 Å². The van der Waals surface area contributed by atoms with Crippen LogP contribution < -0.4 is 5.32 Å². The SMILES string of the molecule is CCN1CCC(=C(c2ccc(C(O)N(CC)CC)cc2)c2ccccc2NC(=O)I=S)CC1. The van der Waals surface area contributed by atoms with Crippen molar-refractivity contribution < 1.29 is 9.90 Å². The Hall–Kier alpha value is -1.52. The summed E-state index contributed by atoms with van der Waals surface area (Å²) in [5.74, 6) is 0. The molecule has 1 saturated heterocycles. The quantitative estimate of drug-likeness (QED) is 0.153. The molecule has 1 atom stereocenters. The Balaban J connectivity index is 2.05. The minimum Gasteiger partial charge on any atom is -0.374 e. The Kier molecular flexibility index (Phi) is 10.1. The molecule has 1 unspecified atom stereocenters. The van der Waals surface area contributed by atoms with Crippen molar-refractivity contribution in [2.45, 2.75) is 39.8 Å². The molecular weight excluding hydrogens is 545 g/mol. The van der Waals surface area contributed by atoms with E-state index in [4.69, 9.17) is 9.28 Å². The van der Waals surface area contributed by atoms with Crippen molar-refractivity contribution in [3.8, 4) is 0 Å². The summed E-state index contributed by atoms with van der Waals surface area (Å²) in [6.07, 6.45) is 1.40. The zero-order chi connectivity index (χ0) is 23.8. The van der Waals surface area contributed by atoms with Gasteiger partial charge in [-0.25, -0.2) is 0 Å². The number of nitrogens with zero attached hydrogens (tertiary/aromatic N) is 2. The van der Waals surface area contributed by atoms with Crippen LogP contribution in [0.2, 0.25) is 0 Å². The maximum Gasteiger partial charge on any atom is 0.290 e. The number of benzene rings is 2. The molecular formula is C26H34IN3O2S. The zero-order valence-corrected chi connectivity index (χ0v) is 22.7. The molecule has 1 fully saturated rings. The second kappa shape index (κ2) is 12.8. The van der Waals surface area contributed by atoms with Crippen molar-refractivity contribution >= 4 is 43.7 Å². The van der Waals surface area contributed by atoms with Gasteiger partial charge in [0.25, 0.3) is 3.91 Å². The molecule has 33 heavy (non-hydrogen) atoms. The van der Waals surface area contributed by atoms with E-state index < -0.39 is 25.5 Å². The van der Waals surface area contributed by atoms with Gasteiger partial charge in [-0.15, -0.1) is 0 Å². The number of aliphatic hydroxyl groups is 1. The highest BCUT2D eigenvalue weighted by molar-refractivity contribution is 14.2. The molecule has 0 saturated carbocycles. The number of anilines is 1. The summed E-state index contributed by atoms with van der Waals surface area (Å²) in [4.78, 5) is 16.7. The van der Waals surface area contributed by atoms with Gasteiger partial charge in [0, 0.05) is 24.3 Å². The number of carbonyl (C=O) groups excluding carboxylic acids is 1. The summed E-state index contributed by atoms with van der Waals surface area (Å²) >= 11 is -0.937. The van der Waals surface area contributed by atoms with Crippen LogP contribution >= 0.6 is 28.5 Å². The lowest BCUT2D eigenvalue weighted by Crippen LogP contribution is -2.30. The van der Waals surface area contributed by atoms with Crippen molar-refractivity contribution in [2.24, 2.45) is 0 Å². The van der Waals surface area contributed by atoms with Crippen LogP contribution in [0.1, 0.15) is 56.5 Å². The molecule has 2 N–H and O–H groups in total. The first-order valence-electron chi connectivity index (χ1n) is 11.7. The third-order valence-electron chi connectivity index (χ3n) is 6.42. The van der Waals surface area contributed by atoms with Crippen LogP contribution in [0.4, 0.5) is 10.5 Å². The van der Waals surface area contributed by atoms with E-state index in [1.807, 2.05) is 35.2 Å². The Labute approximate surface area is 211 Å². The highest BCUT2D eigenvalue weighted by Crippen LogP contribution is 2.37. The monoisotopic (exact) mass is 579 g/mol. The standard InChI is InChI=1S/C26H34IN3O2S/c1-4-29-17-15-20(16-18-29)24(22-9-7-8-10-23(22)28-26(32)27-33)19-11-13-21(14-12-19)25(31)30(5-2)6-3/h7-14,25,31H,4-6,15-18H2,1-3H3,(H,28,32). The van der Waals surface area contributed by atoms with Gasteiger partial charge in [0.1, 0.15) is 6.23 Å². The highest BCUT2D eigenvalue weighted by Gasteiger charge is 2.21. The first-order chi connectivity index (χ1) is 16.0. The number of hydrogen-bond acceptors (Lipinski definition) is 5. The predicted molar refractivity (Wildman–Crippen MR) is 149 cm³/mol. The van der Waals surface area contributed by atoms with Crippen molar-refractivity contribution in [1.82, 2.24) is 9.80 Å². The number of hydrogen-bond donors (Lipinski definition) is 2. The average Bonchev–Trinajstić information content (AvgIpc) is 2.86. The van der Waals surface area contributed by atoms with E-state index in [9.17, 15) is 9.90 Å². The molecule has 1 aliphatic rings. The average molecular weight is 580 g/mol. The molecule has 3 rings (SSSR count). The number of piperidine rings is 1. The molecule has 0 bridgehead atoms. The molecule has 2 aromatic carbocycles. The van der Waals surface area contributed by atoms with Crippen molar-refractivity contribution in [3.05, 3.63) is 70.8 Å². The number of likely N-dealkylation sites (tertiary alicyclic amines) is 1. The topological polar surface area (TPSA) is 55.8 Å². The molecule has 0 spiro atoms. The van der Waals surface area contributed by atoms with E-state index >= 15 is 0 Å². The molecule has 0 aromatic heterocycles. The van der Waals surface area contributed by atoms with Gasteiger partial charge in [0.2, 0.25) is 0 Å². The van der Waals surface area contributed by atoms with Gasteiger partial charge in [-0.1, -0.05) is 68.8 Å². The minimum absolute atomic E-state index is 0.0564. The van der Waals surface area contributed by atoms with Gasteiger partial charge < -0.3 is 15.3 Å². The fourth-order valence-corrected chi connectivity index (χ4v) is 5.14. The summed E-state index contributed by atoms with van der Waals surface area (Å²) in [6.45, 7) is 11.1. The lowest BCUT2D eigenvalue weighted by molar-refractivity contribution is 0.00902. The van der Waals surface area contributed by atoms with Crippen molar-refractivity contribution in [1.29, 1.82) is 0 Å². The number of aliphatic hydroxyl groups excluding tert-OH is 1. The fourth-order valence-electron chi connectivity index (χ4n) is 4.48. The molecule has 7 heteroatoms. The molecule has 1 aliphatic heterocycles. The largest absolute Gasteiger partial charge is 0.374 e. The summed E-state index contributed by atoms with van der Waals surface area (Å²) in [5.41, 5.74) is 6.46. The minimum atomic E-state index is -0.937. The number of amides is 1. The molecule has 2 aromatic rings. The van der Waals surface area contributed by atoms with E-state index in [0.717, 1.165) is 67.9 Å². The third-order valence-corrected chi connectivity index (χ3v) is 8.03. The maximum absolute atomic E-state index is 12.2. The van der Waals surface area contributed by atoms with Crippen LogP contribution in [-0.4, -0.2) is 51.5 Å². The molecule has 0 radical (unpaired) electrons. The van der Waals surface area contributed by atoms with Gasteiger partial charge in [-0.2, -0.15) is 0 Å². The molecule has 1 amide bonds. The summed E-state index contributed by atoms with van der Waals surface area (Å²) in [6, 6.07) is 16.3. The van der Waals surface area contributed by atoms with Crippen LogP contribution in [0.15, 0.2) is 54.1 Å². The number of halogens is 1. The summed E-state index contributed by atoms with van der Waals surface area (Å²) < 4.78 is -0.0564. The van der Waals surface area contributed by atoms with Crippen LogP contribution in [0.5, 0.6) is 0 Å². The van der Waals surface area contributed by atoms with E-state index in [1.54, 1.807) is 0 Å². The number of nitrogens with one attached hydrogen (secondary N) is 1. The predicted octanol–water partition coefficient (Wildman–Crippen LogP) is 6.55. The van der Waals surface area contributed by atoms with Crippen LogP contribution in [0.25, 0.3) is 5.57 Å². The number of rotatable bonds is 9. The zero-order valence-electron chi connectivity index (χ0n) is 19.7. The van der Waals surface area contributed by atoms with Gasteiger partial charge in [0.05, 0.1) is 19.3 Å². The van der Waals surface area contributed by atoms with Crippen molar-refractivity contribution in [2.75, 3.05) is 38.0 Å². The molecule has 178 valence electrons. The van der Waals surface area contributed by atoms with Gasteiger partial charge in [-0.3, -0.25) is 9.69 Å². The third kappa shape index (κ3) is 6.54. The van der Waals surface area contributed by atoms with Crippen LogP contribution in [0.3, 0.4) is 0 Å². The highest BCUT2D eigenvalue weighted by atomic mass is 127. The normalized spacial score (nSPS) is 15.5. The molecule has 5 nitrogen and oxygen atoms in total. The fraction of sp³-hybridized carbons (Fsp3) is 0.423. The first kappa shape index (κ1) is 26.1. The Bertz CT molecular complexity index is 979. The van der Waals surface area contributed by atoms with E-state index in [0.29, 0.717) is 0 Å². The summed E-state index contributed by atoms with van der Waals surface area (Å²) in [7, 11) is 5.06. The maximum atomic E-state index is 12.2. The Morgan fingerprint density at radius 2 is 1.73 bits per heavy atom. The van der Waals surface area contributed by atoms with E-state index in [-0.39, 0.29) is 3.91 Å². The Morgan fingerprint density at radius 1 is 1.09 bits per heavy atom. The molecule has 1 heterocycles. The van der Waals surface area contributed by atoms with Gasteiger partial charge in [-0.05, 0) is 64.5 Å². The van der Waals surface area contributed by atoms with Gasteiger partial charge in [0.15, 0.2) is 0 Å². The van der Waals surface area contributed by atoms with Gasteiger partial charge >= 0.3 is 0 Å². The van der Waals surface area contributed by atoms with Crippen LogP contribution in [-0.2, 0) is 0 Å². The smallest absolute Gasteiger partial charge is 0.290 e. The first-order valence-corrected chi connectivity index (χ1v) is 15.7. The van der Waals surface area contributed by atoms with Crippen molar-refractivity contribution in [3.63, 3.8) is 0 Å². The lowest BCUT2D eigenvalue weighted by Gasteiger charge is -2.30. The van der Waals surface area contributed by atoms with Crippen LogP contribution in [0, 0.1) is 0 Å². The number of para-hydroxylation sites is 1. The summed E-state index contributed by atoms with van der Waals surface area (Å²) in [5, 5.41) is 13.8. The number of carbonyl (C=O) groups is 1. The molecule has 0 aliphatic carbocycles. The second-order valence-electron chi connectivity index (χ2n) is 8.15. The van der Waals surface area contributed by atoms with E-state index in [2.05, 4.69) is 49.2 Å². The Morgan fingerprint density at radius 3 is 2.30 bits per heavy atom. The second-order valence-corrected chi connectivity index (χ2v) is 10.6.